The number of nitrogens with one attached hydrogen (secondary N) is 3. The number of nitrogens with zero attached hydrogens (tertiary/aromatic N) is 5. The highest BCUT2D eigenvalue weighted by atomic mass is 19.4. The van der Waals surface area contributed by atoms with Crippen LogP contribution in [0.15, 0.2) is 67.4 Å². The number of likely N-dealkylation sites (N-methyl/N-ethyl adjacent to an activating group) is 1. The Hall–Kier alpha value is -5.14. The third-order valence-electron chi connectivity index (χ3n) is 7.29. The lowest BCUT2D eigenvalue weighted by Crippen LogP contribution is -2.54. The smallest absolute Gasteiger partial charge is 0.368 e. The highest BCUT2D eigenvalue weighted by molar-refractivity contribution is 6.00. The van der Waals surface area contributed by atoms with Crippen molar-refractivity contribution >= 4 is 46.5 Å². The quantitative estimate of drug-likeness (QED) is 0.311. The Bertz CT molecular complexity index is 1520. The molecule has 2 aromatic carbocycles. The second-order valence-electron chi connectivity index (χ2n) is 10.0. The zero-order valence-corrected chi connectivity index (χ0v) is 24.5. The normalized spacial score (nSPS) is 14.0. The number of piperazine rings is 1. The number of rotatable bonds is 9. The van der Waals surface area contributed by atoms with Gasteiger partial charge in [0.1, 0.15) is 17.4 Å². The molecule has 11 nitrogen and oxygen atoms in total. The third-order valence-corrected chi connectivity index (χ3v) is 7.29. The van der Waals surface area contributed by atoms with Crippen LogP contribution in [0.25, 0.3) is 0 Å². The monoisotopic (exact) mass is 610 g/mol. The number of carbonyl (C=O) groups excluding carboxylic acids is 3. The molecule has 0 unspecified atom stereocenters. The lowest BCUT2D eigenvalue weighted by Gasteiger charge is -2.38. The van der Waals surface area contributed by atoms with Crippen LogP contribution < -0.4 is 20.9 Å². The molecule has 232 valence electrons. The van der Waals surface area contributed by atoms with E-state index < -0.39 is 29.5 Å². The number of halogens is 3. The number of benzene rings is 2. The van der Waals surface area contributed by atoms with Crippen molar-refractivity contribution in [2.24, 2.45) is 0 Å². The Balaban J connectivity index is 1.44. The molecule has 1 aliphatic rings. The first-order chi connectivity index (χ1) is 20.9. The lowest BCUT2D eigenvalue weighted by molar-refractivity contribution is -0.141. The largest absolute Gasteiger partial charge is 0.421 e. The topological polar surface area (TPSA) is 123 Å². The molecule has 1 aliphatic heterocycles. The van der Waals surface area contributed by atoms with E-state index in [1.54, 1.807) is 43.1 Å². The van der Waals surface area contributed by atoms with Crippen LogP contribution in [0.2, 0.25) is 0 Å². The second-order valence-corrected chi connectivity index (χ2v) is 10.0. The molecular formula is C30H33F3N8O3. The molecule has 3 amide bonds. The van der Waals surface area contributed by atoms with Crippen molar-refractivity contribution in [1.82, 2.24) is 25.1 Å². The van der Waals surface area contributed by atoms with E-state index in [4.69, 9.17) is 0 Å². The fraction of sp³-hybridized carbons (Fsp3) is 0.300. The van der Waals surface area contributed by atoms with Crippen LogP contribution in [-0.2, 0) is 15.8 Å². The summed E-state index contributed by atoms with van der Waals surface area (Å²) in [5, 5.41) is 8.03. The maximum Gasteiger partial charge on any atom is 0.421 e. The molecule has 0 radical (unpaired) electrons. The predicted octanol–water partition coefficient (Wildman–Crippen LogP) is 4.02. The Labute approximate surface area is 252 Å². The van der Waals surface area contributed by atoms with Gasteiger partial charge in [-0.3, -0.25) is 14.4 Å². The molecule has 0 spiro atoms. The summed E-state index contributed by atoms with van der Waals surface area (Å²) >= 11 is 0. The van der Waals surface area contributed by atoms with Gasteiger partial charge in [-0.15, -0.1) is 0 Å². The number of anilines is 5. The van der Waals surface area contributed by atoms with E-state index in [1.807, 2.05) is 12.1 Å². The highest BCUT2D eigenvalue weighted by Gasteiger charge is 2.36. The summed E-state index contributed by atoms with van der Waals surface area (Å²) in [5.74, 6) is -1.51. The van der Waals surface area contributed by atoms with Crippen LogP contribution in [0.3, 0.4) is 0 Å². The van der Waals surface area contributed by atoms with E-state index in [-0.39, 0.29) is 29.0 Å². The first-order valence-electron chi connectivity index (χ1n) is 13.7. The van der Waals surface area contributed by atoms with E-state index in [2.05, 4.69) is 37.4 Å². The molecule has 14 heteroatoms. The van der Waals surface area contributed by atoms with Crippen molar-refractivity contribution in [2.45, 2.75) is 19.1 Å². The molecule has 0 aliphatic carbocycles. The molecule has 3 N–H and O–H groups in total. The van der Waals surface area contributed by atoms with Gasteiger partial charge in [-0.25, -0.2) is 4.98 Å². The SMILES string of the molecule is C=CC(=O)N(C)[C@@H](C)C(=O)N1CCN(c2ccc(Nc3ncc(C(F)(F)F)c(Nc4ccccc4C(=O)NC)n3)cc2)CC1. The standard InChI is InChI=1S/C30H33F3N8O3/c1-5-25(42)39(4)19(2)28(44)41-16-14-40(15-17-41)21-12-10-20(11-13-21)36-29-35-18-23(30(31,32)33)26(38-29)37-24-9-7-6-8-22(24)27(43)34-3/h5-13,18-19H,1,14-17H2,2-4H3,(H,34,43)(H2,35,36,37,38)/t19-/m0/s1. The summed E-state index contributed by atoms with van der Waals surface area (Å²) in [6.45, 7) is 7.28. The molecule has 1 atom stereocenters. The third kappa shape index (κ3) is 7.25. The van der Waals surface area contributed by atoms with Gasteiger partial charge in [-0.05, 0) is 49.4 Å². The summed E-state index contributed by atoms with van der Waals surface area (Å²) in [7, 11) is 2.99. The van der Waals surface area contributed by atoms with Gasteiger partial charge in [0.25, 0.3) is 5.91 Å². The van der Waals surface area contributed by atoms with Crippen molar-refractivity contribution in [3.8, 4) is 0 Å². The molecule has 44 heavy (non-hydrogen) atoms. The minimum Gasteiger partial charge on any atom is -0.368 e. The van der Waals surface area contributed by atoms with E-state index in [1.165, 1.54) is 30.2 Å². The average molecular weight is 611 g/mol. The number of aromatic nitrogens is 2. The maximum absolute atomic E-state index is 13.8. The molecule has 1 aromatic heterocycles. The summed E-state index contributed by atoms with van der Waals surface area (Å²) < 4.78 is 41.3. The zero-order chi connectivity index (χ0) is 32.0. The van der Waals surface area contributed by atoms with Crippen molar-refractivity contribution in [3.05, 3.63) is 78.5 Å². The minimum absolute atomic E-state index is 0.0770. The summed E-state index contributed by atoms with van der Waals surface area (Å²) in [4.78, 5) is 50.1. The second kappa shape index (κ2) is 13.4. The van der Waals surface area contributed by atoms with Gasteiger partial charge in [0, 0.05) is 57.8 Å². The molecule has 1 saturated heterocycles. The van der Waals surface area contributed by atoms with Gasteiger partial charge in [-0.2, -0.15) is 18.2 Å². The van der Waals surface area contributed by atoms with Crippen LogP contribution >= 0.6 is 0 Å². The van der Waals surface area contributed by atoms with E-state index in [0.29, 0.717) is 38.1 Å². The van der Waals surface area contributed by atoms with Gasteiger partial charge < -0.3 is 30.7 Å². The van der Waals surface area contributed by atoms with Gasteiger partial charge in [0.15, 0.2) is 0 Å². The van der Waals surface area contributed by atoms with Gasteiger partial charge >= 0.3 is 6.18 Å². The number of para-hydroxylation sites is 1. The van der Waals surface area contributed by atoms with E-state index in [9.17, 15) is 27.6 Å². The van der Waals surface area contributed by atoms with Crippen LogP contribution in [0.1, 0.15) is 22.8 Å². The Morgan fingerprint density at radius 1 is 1.02 bits per heavy atom. The van der Waals surface area contributed by atoms with Gasteiger partial charge in [0.2, 0.25) is 17.8 Å². The van der Waals surface area contributed by atoms with Crippen LogP contribution in [0.5, 0.6) is 0 Å². The average Bonchev–Trinajstić information content (AvgIpc) is 3.03. The highest BCUT2D eigenvalue weighted by Crippen LogP contribution is 2.36. The molecule has 2 heterocycles. The number of carbonyl (C=O) groups is 3. The predicted molar refractivity (Wildman–Crippen MR) is 161 cm³/mol. The fourth-order valence-corrected chi connectivity index (χ4v) is 4.63. The maximum atomic E-state index is 13.8. The van der Waals surface area contributed by atoms with Crippen LogP contribution in [0.4, 0.5) is 42.0 Å². The van der Waals surface area contributed by atoms with E-state index in [0.717, 1.165) is 5.69 Å². The van der Waals surface area contributed by atoms with Gasteiger partial charge in [0.05, 0.1) is 11.3 Å². The molecule has 4 rings (SSSR count). The number of alkyl halides is 3. The molecule has 0 saturated carbocycles. The molecular weight excluding hydrogens is 577 g/mol. The first kappa shape index (κ1) is 31.8. The summed E-state index contributed by atoms with van der Waals surface area (Å²) in [6.07, 6.45) is -2.88. The first-order valence-corrected chi connectivity index (χ1v) is 13.7. The van der Waals surface area contributed by atoms with Gasteiger partial charge in [-0.1, -0.05) is 18.7 Å². The summed E-state index contributed by atoms with van der Waals surface area (Å²) in [5.41, 5.74) is 0.663. The van der Waals surface area contributed by atoms with E-state index >= 15 is 0 Å². The van der Waals surface area contributed by atoms with Crippen molar-refractivity contribution < 1.29 is 27.6 Å². The Kier molecular flexibility index (Phi) is 9.71. The number of hydrogen-bond donors (Lipinski definition) is 3. The zero-order valence-electron chi connectivity index (χ0n) is 24.5. The van der Waals surface area contributed by atoms with Crippen molar-refractivity contribution in [1.29, 1.82) is 0 Å². The van der Waals surface area contributed by atoms with Crippen LogP contribution in [0, 0.1) is 0 Å². The molecule has 3 aromatic rings. The Morgan fingerprint density at radius 2 is 1.68 bits per heavy atom. The number of amides is 3. The summed E-state index contributed by atoms with van der Waals surface area (Å²) in [6, 6.07) is 12.8. The number of hydrogen-bond acceptors (Lipinski definition) is 8. The fourth-order valence-electron chi connectivity index (χ4n) is 4.63. The molecule has 0 bridgehead atoms. The molecule has 1 fully saturated rings. The van der Waals surface area contributed by atoms with Crippen LogP contribution in [-0.4, -0.2) is 83.8 Å². The minimum atomic E-state index is -4.74. The lowest BCUT2D eigenvalue weighted by atomic mass is 10.1. The van der Waals surface area contributed by atoms with Crippen molar-refractivity contribution in [3.63, 3.8) is 0 Å². The van der Waals surface area contributed by atoms with Crippen molar-refractivity contribution in [2.75, 3.05) is 55.8 Å². The Morgan fingerprint density at radius 3 is 2.30 bits per heavy atom.